The van der Waals surface area contributed by atoms with Crippen molar-refractivity contribution in [3.8, 4) is 0 Å². The largest absolute Gasteiger partial charge is 0.466 e. The fourth-order valence-corrected chi connectivity index (χ4v) is 14.5. The van der Waals surface area contributed by atoms with Crippen LogP contribution in [0.25, 0.3) is 0 Å². The van der Waals surface area contributed by atoms with E-state index in [-0.39, 0.29) is 17.9 Å². The number of carbonyl (C=O) groups is 3. The number of hydrogen-bond donors (Lipinski definition) is 0. The van der Waals surface area contributed by atoms with Crippen LogP contribution in [0.2, 0.25) is 0 Å². The maximum Gasteiger partial charge on any atom is 0.306 e. The minimum Gasteiger partial charge on any atom is -0.466 e. The predicted molar refractivity (Wildman–Crippen MR) is 191 cm³/mol. The molecule has 0 aromatic carbocycles. The van der Waals surface area contributed by atoms with Crippen molar-refractivity contribution in [1.29, 1.82) is 0 Å². The van der Waals surface area contributed by atoms with Crippen LogP contribution in [0.3, 0.4) is 0 Å². The Hall–Kier alpha value is -0.110. The molecule has 0 fully saturated rings. The summed E-state index contributed by atoms with van der Waals surface area (Å²) in [6, 6.07) is 0. The first-order valence-corrected chi connectivity index (χ1v) is 23.3. The molecule has 10 heteroatoms. The van der Waals surface area contributed by atoms with E-state index in [0.29, 0.717) is 56.3 Å². The van der Waals surface area contributed by atoms with E-state index in [0.717, 1.165) is 38.5 Å². The average molecular weight is 683 g/mol. The second-order valence-electron chi connectivity index (χ2n) is 10.9. The van der Waals surface area contributed by atoms with E-state index in [1.807, 2.05) is 0 Å². The third-order valence-corrected chi connectivity index (χ3v) is 17.8. The van der Waals surface area contributed by atoms with Gasteiger partial charge in [0.25, 0.3) is 0 Å². The Balaban J connectivity index is 4.29. The van der Waals surface area contributed by atoms with Crippen LogP contribution in [0.4, 0.5) is 0 Å². The lowest BCUT2D eigenvalue weighted by atomic mass is 10.1. The molecule has 0 bridgehead atoms. The number of ether oxygens (including phenoxy) is 3. The van der Waals surface area contributed by atoms with Crippen LogP contribution < -0.4 is 0 Å². The maximum absolute atomic E-state index is 12.2. The summed E-state index contributed by atoms with van der Waals surface area (Å²) in [4.78, 5) is 36.6. The lowest BCUT2D eigenvalue weighted by Crippen LogP contribution is -2.07. The maximum atomic E-state index is 12.2. The molecule has 0 aliphatic carbocycles. The Morgan fingerprint density at radius 3 is 0.953 bits per heavy atom. The Bertz CT molecular complexity index is 571. The van der Waals surface area contributed by atoms with Gasteiger partial charge in [0.2, 0.25) is 0 Å². The number of hydrogen-bond acceptors (Lipinski definition) is 9. The van der Waals surface area contributed by atoms with Gasteiger partial charge in [0, 0.05) is 17.3 Å². The molecule has 0 heterocycles. The molecular formula is C33H63O6PS3. The summed E-state index contributed by atoms with van der Waals surface area (Å²) < 4.78 is 16.3. The fraction of sp³-hybridized carbons (Fsp3) is 0.909. The zero-order valence-corrected chi connectivity index (χ0v) is 31.1. The molecule has 0 rings (SSSR count). The van der Waals surface area contributed by atoms with E-state index in [4.69, 9.17) is 14.2 Å². The highest BCUT2D eigenvalue weighted by Gasteiger charge is 2.15. The first kappa shape index (κ1) is 42.9. The minimum absolute atomic E-state index is 0.137. The molecule has 0 radical (unpaired) electrons. The smallest absolute Gasteiger partial charge is 0.306 e. The predicted octanol–water partition coefficient (Wildman–Crippen LogP) is 11.3. The summed E-state index contributed by atoms with van der Waals surface area (Å²) in [5.41, 5.74) is -0.600. The van der Waals surface area contributed by atoms with Gasteiger partial charge in [-0.15, -0.1) is 34.1 Å². The number of esters is 3. The van der Waals surface area contributed by atoms with Gasteiger partial charge >= 0.3 is 17.9 Å². The first-order chi connectivity index (χ1) is 21.0. The average Bonchev–Trinajstić information content (AvgIpc) is 2.99. The lowest BCUT2D eigenvalue weighted by Gasteiger charge is -2.15. The van der Waals surface area contributed by atoms with Gasteiger partial charge < -0.3 is 14.2 Å². The normalized spacial score (nSPS) is 11.2. The van der Waals surface area contributed by atoms with E-state index >= 15 is 0 Å². The van der Waals surface area contributed by atoms with Crippen LogP contribution in [0.1, 0.15) is 156 Å². The van der Waals surface area contributed by atoms with Crippen molar-refractivity contribution in [1.82, 2.24) is 0 Å². The fourth-order valence-electron chi connectivity index (χ4n) is 4.14. The van der Waals surface area contributed by atoms with Crippen LogP contribution in [0, 0.1) is 0 Å². The van der Waals surface area contributed by atoms with Crippen molar-refractivity contribution < 1.29 is 28.6 Å². The van der Waals surface area contributed by atoms with Crippen molar-refractivity contribution in [2.75, 3.05) is 37.1 Å². The number of unbranched alkanes of at least 4 members (excludes halogenated alkanes) is 15. The lowest BCUT2D eigenvalue weighted by molar-refractivity contribution is -0.144. The zero-order valence-electron chi connectivity index (χ0n) is 27.7. The van der Waals surface area contributed by atoms with Crippen molar-refractivity contribution in [3.05, 3.63) is 0 Å². The molecule has 0 saturated carbocycles. The van der Waals surface area contributed by atoms with E-state index in [1.54, 1.807) is 34.1 Å². The van der Waals surface area contributed by atoms with E-state index in [9.17, 15) is 14.4 Å². The molecule has 6 nitrogen and oxygen atoms in total. The minimum atomic E-state index is -0.600. The van der Waals surface area contributed by atoms with Crippen LogP contribution in [0.15, 0.2) is 0 Å². The molecule has 0 aromatic heterocycles. The third-order valence-electron chi connectivity index (χ3n) is 6.79. The Kier molecular flexibility index (Phi) is 34.7. The van der Waals surface area contributed by atoms with Gasteiger partial charge in [-0.25, -0.2) is 0 Å². The Labute approximate surface area is 277 Å². The van der Waals surface area contributed by atoms with Crippen molar-refractivity contribution in [3.63, 3.8) is 0 Å². The molecule has 0 N–H and O–H groups in total. The van der Waals surface area contributed by atoms with Crippen LogP contribution >= 0.6 is 39.7 Å². The van der Waals surface area contributed by atoms with Crippen LogP contribution in [-0.4, -0.2) is 55.0 Å². The first-order valence-electron chi connectivity index (χ1n) is 17.2. The Morgan fingerprint density at radius 2 is 0.674 bits per heavy atom. The summed E-state index contributed by atoms with van der Waals surface area (Å²) in [5, 5.41) is 0. The summed E-state index contributed by atoms with van der Waals surface area (Å²) in [6.07, 6.45) is 22.2. The summed E-state index contributed by atoms with van der Waals surface area (Å²) in [5.74, 6) is 1.65. The molecule has 0 amide bonds. The highest BCUT2D eigenvalue weighted by molar-refractivity contribution is 9.12. The molecule has 0 aromatic rings. The second-order valence-corrected chi connectivity index (χ2v) is 21.1. The monoisotopic (exact) mass is 682 g/mol. The van der Waals surface area contributed by atoms with Gasteiger partial charge in [-0.1, -0.05) is 117 Å². The SMILES string of the molecule is CCCCCCCCOC(=O)CCSP(SCCC(=O)OCCCCCCCC)SCCC(=O)OCCCCCCCC. The zero-order chi connectivity index (χ0) is 31.6. The van der Waals surface area contributed by atoms with Crippen LogP contribution in [-0.2, 0) is 28.6 Å². The molecule has 0 aliphatic rings. The molecule has 0 saturated heterocycles. The van der Waals surface area contributed by atoms with Gasteiger partial charge in [-0.3, -0.25) is 14.4 Å². The Morgan fingerprint density at radius 1 is 0.419 bits per heavy atom. The topological polar surface area (TPSA) is 78.9 Å². The number of rotatable bonds is 33. The van der Waals surface area contributed by atoms with Crippen LogP contribution in [0.5, 0.6) is 0 Å². The standard InChI is InChI=1S/C33H63O6PS3/c1-4-7-10-13-16-19-25-37-31(34)22-28-41-40(42-29-23-32(35)38-26-20-17-14-11-8-5-2)43-30-24-33(36)39-27-21-18-15-12-9-6-3/h4-30H2,1-3H3. The van der Waals surface area contributed by atoms with Crippen molar-refractivity contribution >= 4 is 57.6 Å². The van der Waals surface area contributed by atoms with E-state index < -0.39 is 5.53 Å². The second kappa shape index (κ2) is 34.8. The molecule has 0 atom stereocenters. The summed E-state index contributed by atoms with van der Waals surface area (Å²) in [6.45, 7) is 8.16. The molecular weight excluding hydrogens is 620 g/mol. The number of carbonyl (C=O) groups excluding carboxylic acids is 3. The quantitative estimate of drug-likeness (QED) is 0.0291. The van der Waals surface area contributed by atoms with Crippen molar-refractivity contribution in [2.45, 2.75) is 156 Å². The molecule has 254 valence electrons. The molecule has 43 heavy (non-hydrogen) atoms. The highest BCUT2D eigenvalue weighted by Crippen LogP contribution is 2.70. The van der Waals surface area contributed by atoms with Gasteiger partial charge in [0.1, 0.15) is 0 Å². The van der Waals surface area contributed by atoms with E-state index in [1.165, 1.54) is 77.0 Å². The van der Waals surface area contributed by atoms with Crippen molar-refractivity contribution in [2.24, 2.45) is 0 Å². The molecule has 0 aliphatic heterocycles. The molecule has 0 spiro atoms. The third kappa shape index (κ3) is 33.1. The summed E-state index contributed by atoms with van der Waals surface area (Å²) in [7, 11) is 0. The highest BCUT2D eigenvalue weighted by atomic mass is 33.4. The van der Waals surface area contributed by atoms with Gasteiger partial charge in [-0.05, 0) is 19.3 Å². The molecule has 0 unspecified atom stereocenters. The van der Waals surface area contributed by atoms with Gasteiger partial charge in [-0.2, -0.15) is 0 Å². The van der Waals surface area contributed by atoms with Gasteiger partial charge in [0.05, 0.1) is 44.6 Å². The van der Waals surface area contributed by atoms with Gasteiger partial charge in [0.15, 0.2) is 0 Å². The van der Waals surface area contributed by atoms with E-state index in [2.05, 4.69) is 20.8 Å². The summed E-state index contributed by atoms with van der Waals surface area (Å²) >= 11 is 5.26.